The Hall–Kier alpha value is -1.68. The van der Waals surface area contributed by atoms with Crippen LogP contribution in [0.25, 0.3) is 0 Å². The predicted molar refractivity (Wildman–Crippen MR) is 93.2 cm³/mol. The van der Waals surface area contributed by atoms with Crippen molar-refractivity contribution in [1.82, 2.24) is 14.9 Å². The molecule has 0 aliphatic carbocycles. The standard InChI is InChI=1S/C16H25N3O5S/c1-17-5-6-18-16(20)12-13-3-4-14(23-2)15(11-13)25(21,22)19-7-9-24-10-8-19/h3-4,11,17H,5-10,12H2,1-2H3,(H,18,20). The van der Waals surface area contributed by atoms with E-state index in [0.717, 1.165) is 0 Å². The molecule has 9 heteroatoms. The second-order valence-corrected chi connectivity index (χ2v) is 7.54. The predicted octanol–water partition coefficient (Wildman–Crippen LogP) is -0.406. The van der Waals surface area contributed by atoms with Gasteiger partial charge in [-0.2, -0.15) is 4.31 Å². The van der Waals surface area contributed by atoms with Gasteiger partial charge in [0.15, 0.2) is 0 Å². The van der Waals surface area contributed by atoms with E-state index in [9.17, 15) is 13.2 Å². The Labute approximate surface area is 148 Å². The summed E-state index contributed by atoms with van der Waals surface area (Å²) < 4.78 is 37.6. The number of methoxy groups -OCH3 is 1. The number of hydrogen-bond acceptors (Lipinski definition) is 6. The number of nitrogens with one attached hydrogen (secondary N) is 2. The zero-order chi connectivity index (χ0) is 18.3. The van der Waals surface area contributed by atoms with Gasteiger partial charge in [-0.25, -0.2) is 8.42 Å². The van der Waals surface area contributed by atoms with Crippen LogP contribution < -0.4 is 15.4 Å². The van der Waals surface area contributed by atoms with E-state index >= 15 is 0 Å². The third-order valence-electron chi connectivity index (χ3n) is 3.88. The number of carbonyl (C=O) groups is 1. The molecule has 140 valence electrons. The van der Waals surface area contributed by atoms with Gasteiger partial charge in [0, 0.05) is 26.2 Å². The Kier molecular flexibility index (Phi) is 7.18. The van der Waals surface area contributed by atoms with E-state index in [1.807, 2.05) is 0 Å². The van der Waals surface area contributed by atoms with E-state index in [-0.39, 0.29) is 23.0 Å². The Morgan fingerprint density at radius 1 is 1.28 bits per heavy atom. The molecule has 2 N–H and O–H groups in total. The maximum Gasteiger partial charge on any atom is 0.246 e. The van der Waals surface area contributed by atoms with Crippen molar-refractivity contribution in [2.75, 3.05) is 53.6 Å². The number of morpholine rings is 1. The topological polar surface area (TPSA) is 97.0 Å². The van der Waals surface area contributed by atoms with Crippen molar-refractivity contribution in [3.63, 3.8) is 0 Å². The lowest BCUT2D eigenvalue weighted by Crippen LogP contribution is -2.40. The van der Waals surface area contributed by atoms with Crippen molar-refractivity contribution in [3.05, 3.63) is 23.8 Å². The molecule has 1 saturated heterocycles. The fraction of sp³-hybridized carbons (Fsp3) is 0.562. The molecule has 1 fully saturated rings. The summed E-state index contributed by atoms with van der Waals surface area (Å²) in [4.78, 5) is 12.0. The van der Waals surface area contributed by atoms with Gasteiger partial charge < -0.3 is 20.1 Å². The van der Waals surface area contributed by atoms with Gasteiger partial charge in [0.25, 0.3) is 0 Å². The Balaban J connectivity index is 2.20. The summed E-state index contributed by atoms with van der Waals surface area (Å²) in [6.45, 7) is 2.54. The van der Waals surface area contributed by atoms with Gasteiger partial charge >= 0.3 is 0 Å². The lowest BCUT2D eigenvalue weighted by atomic mass is 10.1. The Morgan fingerprint density at radius 2 is 2.00 bits per heavy atom. The van der Waals surface area contributed by atoms with E-state index in [0.29, 0.717) is 45.0 Å². The number of nitrogens with zero attached hydrogens (tertiary/aromatic N) is 1. The first-order valence-corrected chi connectivity index (χ1v) is 9.59. The number of sulfonamides is 1. The monoisotopic (exact) mass is 371 g/mol. The molecule has 2 rings (SSSR count). The van der Waals surface area contributed by atoms with Gasteiger partial charge in [0.2, 0.25) is 15.9 Å². The van der Waals surface area contributed by atoms with E-state index in [1.165, 1.54) is 17.5 Å². The minimum absolute atomic E-state index is 0.0809. The number of benzene rings is 1. The van der Waals surface area contributed by atoms with Crippen molar-refractivity contribution in [1.29, 1.82) is 0 Å². The molecule has 0 aromatic heterocycles. The summed E-state index contributed by atoms with van der Waals surface area (Å²) in [5.74, 6) is 0.112. The zero-order valence-corrected chi connectivity index (χ0v) is 15.4. The second-order valence-electron chi connectivity index (χ2n) is 5.63. The minimum atomic E-state index is -3.70. The SMILES string of the molecule is CNCCNC(=O)Cc1ccc(OC)c(S(=O)(=O)N2CCOCC2)c1. The highest BCUT2D eigenvalue weighted by Gasteiger charge is 2.29. The summed E-state index contributed by atoms with van der Waals surface area (Å²) in [6, 6.07) is 4.81. The van der Waals surface area contributed by atoms with Gasteiger partial charge in [-0.15, -0.1) is 0 Å². The molecule has 0 saturated carbocycles. The molecule has 0 unspecified atom stereocenters. The van der Waals surface area contributed by atoms with Gasteiger partial charge in [-0.3, -0.25) is 4.79 Å². The summed E-state index contributed by atoms with van der Waals surface area (Å²) in [5, 5.41) is 5.71. The summed E-state index contributed by atoms with van der Waals surface area (Å²) in [7, 11) is -0.465. The largest absolute Gasteiger partial charge is 0.495 e. The fourth-order valence-electron chi connectivity index (χ4n) is 2.53. The van der Waals surface area contributed by atoms with Crippen LogP contribution in [0, 0.1) is 0 Å². The van der Waals surface area contributed by atoms with E-state index in [1.54, 1.807) is 19.2 Å². The Morgan fingerprint density at radius 3 is 2.64 bits per heavy atom. The molecule has 0 bridgehead atoms. The van der Waals surface area contributed by atoms with E-state index in [4.69, 9.17) is 9.47 Å². The second kappa shape index (κ2) is 9.14. The molecular weight excluding hydrogens is 346 g/mol. The first-order chi connectivity index (χ1) is 12.0. The first-order valence-electron chi connectivity index (χ1n) is 8.15. The quantitative estimate of drug-likeness (QED) is 0.604. The summed E-state index contributed by atoms with van der Waals surface area (Å²) >= 11 is 0. The molecule has 0 spiro atoms. The van der Waals surface area contributed by atoms with Crippen LogP contribution in [0.15, 0.2) is 23.1 Å². The van der Waals surface area contributed by atoms with Crippen LogP contribution in [0.1, 0.15) is 5.56 Å². The molecule has 8 nitrogen and oxygen atoms in total. The van der Waals surface area contributed by atoms with Crippen LogP contribution in [-0.2, 0) is 26.0 Å². The molecule has 1 aliphatic rings. The molecular formula is C16H25N3O5S. The van der Waals surface area contributed by atoms with Gasteiger partial charge in [0.1, 0.15) is 10.6 Å². The molecule has 1 aromatic rings. The van der Waals surface area contributed by atoms with Gasteiger partial charge in [-0.05, 0) is 24.7 Å². The molecule has 0 atom stereocenters. The molecule has 25 heavy (non-hydrogen) atoms. The van der Waals surface area contributed by atoms with Crippen molar-refractivity contribution in [3.8, 4) is 5.75 Å². The van der Waals surface area contributed by atoms with Gasteiger partial charge in [0.05, 0.1) is 26.7 Å². The Bertz CT molecular complexity index is 687. The van der Waals surface area contributed by atoms with E-state index in [2.05, 4.69) is 10.6 Å². The maximum atomic E-state index is 12.9. The zero-order valence-electron chi connectivity index (χ0n) is 14.6. The first kappa shape index (κ1) is 19.6. The molecule has 0 radical (unpaired) electrons. The number of likely N-dealkylation sites (N-methyl/N-ethyl adjacent to an activating group) is 1. The van der Waals surface area contributed by atoms with Crippen LogP contribution in [0.2, 0.25) is 0 Å². The smallest absolute Gasteiger partial charge is 0.246 e. The molecule has 1 aliphatic heterocycles. The summed E-state index contributed by atoms with van der Waals surface area (Å²) in [5.41, 5.74) is 0.620. The lowest BCUT2D eigenvalue weighted by molar-refractivity contribution is -0.120. The third kappa shape index (κ3) is 5.15. The fourth-order valence-corrected chi connectivity index (χ4v) is 4.15. The van der Waals surface area contributed by atoms with Crippen molar-refractivity contribution in [2.45, 2.75) is 11.3 Å². The maximum absolute atomic E-state index is 12.9. The molecule has 1 heterocycles. The highest BCUT2D eigenvalue weighted by atomic mass is 32.2. The van der Waals surface area contributed by atoms with Crippen LogP contribution in [0.3, 0.4) is 0 Å². The number of hydrogen-bond donors (Lipinski definition) is 2. The molecule has 1 amide bonds. The van der Waals surface area contributed by atoms with Crippen LogP contribution in [0.4, 0.5) is 0 Å². The molecule has 1 aromatic carbocycles. The highest BCUT2D eigenvalue weighted by molar-refractivity contribution is 7.89. The third-order valence-corrected chi connectivity index (χ3v) is 5.80. The van der Waals surface area contributed by atoms with Gasteiger partial charge in [-0.1, -0.05) is 6.07 Å². The highest BCUT2D eigenvalue weighted by Crippen LogP contribution is 2.28. The number of amides is 1. The van der Waals surface area contributed by atoms with Crippen LogP contribution >= 0.6 is 0 Å². The van der Waals surface area contributed by atoms with E-state index < -0.39 is 10.0 Å². The van der Waals surface area contributed by atoms with Crippen molar-refractivity contribution in [2.24, 2.45) is 0 Å². The van der Waals surface area contributed by atoms with Crippen LogP contribution in [0.5, 0.6) is 5.75 Å². The number of carbonyl (C=O) groups excluding carboxylic acids is 1. The number of rotatable bonds is 8. The minimum Gasteiger partial charge on any atom is -0.495 e. The number of ether oxygens (including phenoxy) is 2. The van der Waals surface area contributed by atoms with Crippen molar-refractivity contribution >= 4 is 15.9 Å². The lowest BCUT2D eigenvalue weighted by Gasteiger charge is -2.26. The normalized spacial score (nSPS) is 15.8. The average Bonchev–Trinajstić information content (AvgIpc) is 2.62. The van der Waals surface area contributed by atoms with Crippen molar-refractivity contribution < 1.29 is 22.7 Å². The average molecular weight is 371 g/mol. The summed E-state index contributed by atoms with van der Waals surface area (Å²) in [6.07, 6.45) is 0.110. The van der Waals surface area contributed by atoms with Crippen LogP contribution in [-0.4, -0.2) is 72.2 Å².